The lowest BCUT2D eigenvalue weighted by Gasteiger charge is -2.12. The van der Waals surface area contributed by atoms with Crippen LogP contribution < -0.4 is 10.6 Å². The Morgan fingerprint density at radius 1 is 1.18 bits per heavy atom. The van der Waals surface area contributed by atoms with Gasteiger partial charge in [-0.1, -0.05) is 41.4 Å². The molecule has 208 valence electrons. The molecular formula is C26H29Cl2N5O4S2. The Morgan fingerprint density at radius 2 is 1.95 bits per heavy atom. The van der Waals surface area contributed by atoms with E-state index in [1.807, 2.05) is 0 Å². The number of thioether (sulfide) groups is 1. The number of hydrogen-bond acceptors (Lipinski definition) is 8. The highest BCUT2D eigenvalue weighted by molar-refractivity contribution is 8.00. The van der Waals surface area contributed by atoms with Crippen LogP contribution in [0.2, 0.25) is 10.0 Å². The van der Waals surface area contributed by atoms with Crippen molar-refractivity contribution in [3.05, 3.63) is 55.6 Å². The second kappa shape index (κ2) is 13.2. The number of carbonyl (C=O) groups is 3. The number of nitrogens with one attached hydrogen (secondary N) is 2. The maximum Gasteiger partial charge on any atom is 0.341 e. The molecule has 1 atom stereocenters. The van der Waals surface area contributed by atoms with Gasteiger partial charge in [0, 0.05) is 16.9 Å². The molecule has 13 heteroatoms. The minimum absolute atomic E-state index is 0.117. The third kappa shape index (κ3) is 6.95. The Bertz CT molecular complexity index is 1390. The fraction of sp³-hybridized carbons (Fsp3) is 0.423. The number of benzene rings is 1. The van der Waals surface area contributed by atoms with Crippen molar-refractivity contribution in [3.8, 4) is 0 Å². The molecule has 0 aliphatic heterocycles. The van der Waals surface area contributed by atoms with Crippen molar-refractivity contribution in [1.29, 1.82) is 0 Å². The summed E-state index contributed by atoms with van der Waals surface area (Å²) in [5, 5.41) is 15.3. The molecule has 0 saturated heterocycles. The van der Waals surface area contributed by atoms with E-state index in [1.165, 1.54) is 29.2 Å². The third-order valence-corrected chi connectivity index (χ3v) is 9.19. The van der Waals surface area contributed by atoms with E-state index < -0.39 is 11.2 Å². The number of aromatic nitrogens is 3. The highest BCUT2D eigenvalue weighted by Crippen LogP contribution is 2.38. The standard InChI is InChI=1S/C26H29Cl2N5O4S2/c1-4-37-25(36)21-17-8-6-5-7-9-19(17)39-24(21)30-22(34)14(2)38-26-32-31-20(33(26)3)13-29-23(35)16-11-10-15(27)12-18(16)28/h10-12,14H,4-9,13H2,1-3H3,(H,29,35)(H,30,34). The van der Waals surface area contributed by atoms with Crippen molar-refractivity contribution in [1.82, 2.24) is 20.1 Å². The summed E-state index contributed by atoms with van der Waals surface area (Å²) in [6, 6.07) is 4.65. The molecule has 2 amide bonds. The maximum atomic E-state index is 13.2. The number of esters is 1. The molecule has 4 rings (SSSR count). The second-order valence-corrected chi connectivity index (χ2v) is 12.3. The first-order valence-corrected chi connectivity index (χ1v) is 15.1. The summed E-state index contributed by atoms with van der Waals surface area (Å²) in [6.07, 6.45) is 4.91. The van der Waals surface area contributed by atoms with E-state index in [4.69, 9.17) is 27.9 Å². The van der Waals surface area contributed by atoms with Crippen LogP contribution in [-0.4, -0.2) is 44.4 Å². The van der Waals surface area contributed by atoms with Crippen molar-refractivity contribution < 1.29 is 19.1 Å². The number of aryl methyl sites for hydroxylation is 1. The number of thiophene rings is 1. The normalized spacial score (nSPS) is 13.8. The van der Waals surface area contributed by atoms with Crippen LogP contribution in [-0.2, 0) is 36.0 Å². The van der Waals surface area contributed by atoms with Crippen LogP contribution in [0.5, 0.6) is 0 Å². The Morgan fingerprint density at radius 3 is 2.69 bits per heavy atom. The molecule has 1 unspecified atom stereocenters. The topological polar surface area (TPSA) is 115 Å². The van der Waals surface area contributed by atoms with E-state index in [1.54, 1.807) is 37.6 Å². The van der Waals surface area contributed by atoms with Gasteiger partial charge in [0.15, 0.2) is 11.0 Å². The van der Waals surface area contributed by atoms with Crippen LogP contribution in [0.15, 0.2) is 23.4 Å². The smallest absolute Gasteiger partial charge is 0.341 e. The van der Waals surface area contributed by atoms with E-state index in [2.05, 4.69) is 20.8 Å². The van der Waals surface area contributed by atoms with E-state index in [0.717, 1.165) is 42.5 Å². The van der Waals surface area contributed by atoms with Gasteiger partial charge in [-0.05, 0) is 63.3 Å². The van der Waals surface area contributed by atoms with Crippen molar-refractivity contribution in [2.75, 3.05) is 11.9 Å². The lowest BCUT2D eigenvalue weighted by atomic mass is 10.1. The summed E-state index contributed by atoms with van der Waals surface area (Å²) in [5.74, 6) is -0.506. The molecule has 39 heavy (non-hydrogen) atoms. The van der Waals surface area contributed by atoms with Gasteiger partial charge in [-0.15, -0.1) is 21.5 Å². The molecule has 9 nitrogen and oxygen atoms in total. The van der Waals surface area contributed by atoms with Crippen molar-refractivity contribution in [2.45, 2.75) is 62.9 Å². The number of hydrogen-bond donors (Lipinski definition) is 2. The van der Waals surface area contributed by atoms with Crippen LogP contribution in [0.1, 0.15) is 70.1 Å². The van der Waals surface area contributed by atoms with E-state index in [0.29, 0.717) is 32.1 Å². The van der Waals surface area contributed by atoms with Crippen molar-refractivity contribution in [2.24, 2.45) is 7.05 Å². The molecule has 0 saturated carbocycles. The first kappa shape index (κ1) is 29.4. The Hall–Kier alpha value is -2.60. The predicted octanol–water partition coefficient (Wildman–Crippen LogP) is 5.68. The number of halogens is 2. The number of anilines is 1. The van der Waals surface area contributed by atoms with E-state index in [-0.39, 0.29) is 30.0 Å². The minimum Gasteiger partial charge on any atom is -0.462 e. The molecule has 2 aromatic heterocycles. The number of amides is 2. The quantitative estimate of drug-likeness (QED) is 0.182. The summed E-state index contributed by atoms with van der Waals surface area (Å²) in [7, 11) is 1.76. The first-order valence-electron chi connectivity index (χ1n) is 12.6. The molecule has 0 fully saturated rings. The molecule has 3 aromatic rings. The monoisotopic (exact) mass is 609 g/mol. The van der Waals surface area contributed by atoms with Crippen LogP contribution in [0.25, 0.3) is 0 Å². The second-order valence-electron chi connectivity index (χ2n) is 9.00. The summed E-state index contributed by atoms with van der Waals surface area (Å²) < 4.78 is 7.03. The average molecular weight is 611 g/mol. The number of nitrogens with zero attached hydrogens (tertiary/aromatic N) is 3. The summed E-state index contributed by atoms with van der Waals surface area (Å²) in [6.45, 7) is 3.92. The Balaban J connectivity index is 1.41. The number of ether oxygens (including phenoxy) is 1. The Kier molecular flexibility index (Phi) is 9.92. The molecule has 2 N–H and O–H groups in total. The van der Waals surface area contributed by atoms with E-state index >= 15 is 0 Å². The van der Waals surface area contributed by atoms with Crippen molar-refractivity contribution >= 4 is 69.1 Å². The zero-order valence-corrected chi connectivity index (χ0v) is 25.0. The van der Waals surface area contributed by atoms with Crippen LogP contribution in [0, 0.1) is 0 Å². The van der Waals surface area contributed by atoms with Gasteiger partial charge < -0.3 is 19.9 Å². The predicted molar refractivity (Wildman–Crippen MR) is 154 cm³/mol. The van der Waals surface area contributed by atoms with Gasteiger partial charge in [-0.3, -0.25) is 9.59 Å². The van der Waals surface area contributed by atoms with Gasteiger partial charge in [0.2, 0.25) is 5.91 Å². The molecule has 2 heterocycles. The average Bonchev–Trinajstić information content (AvgIpc) is 3.31. The number of fused-ring (bicyclic) bond motifs is 1. The lowest BCUT2D eigenvalue weighted by Crippen LogP contribution is -2.25. The van der Waals surface area contributed by atoms with Gasteiger partial charge in [0.25, 0.3) is 5.91 Å². The molecule has 1 aliphatic carbocycles. The zero-order chi connectivity index (χ0) is 28.1. The maximum absolute atomic E-state index is 13.2. The zero-order valence-electron chi connectivity index (χ0n) is 21.8. The summed E-state index contributed by atoms with van der Waals surface area (Å²) >= 11 is 14.7. The van der Waals surface area contributed by atoms with Gasteiger partial charge in [-0.25, -0.2) is 4.79 Å². The first-order chi connectivity index (χ1) is 18.7. The highest BCUT2D eigenvalue weighted by Gasteiger charge is 2.28. The fourth-order valence-corrected chi connectivity index (χ4v) is 6.81. The lowest BCUT2D eigenvalue weighted by molar-refractivity contribution is -0.115. The molecule has 0 radical (unpaired) electrons. The van der Waals surface area contributed by atoms with Gasteiger partial charge >= 0.3 is 5.97 Å². The van der Waals surface area contributed by atoms with Crippen LogP contribution in [0.4, 0.5) is 5.00 Å². The summed E-state index contributed by atoms with van der Waals surface area (Å²) in [4.78, 5) is 39.6. The number of rotatable bonds is 9. The van der Waals surface area contributed by atoms with Gasteiger partial charge in [0.05, 0.1) is 34.6 Å². The van der Waals surface area contributed by atoms with Crippen LogP contribution >= 0.6 is 46.3 Å². The highest BCUT2D eigenvalue weighted by atomic mass is 35.5. The fourth-order valence-electron chi connectivity index (χ4n) is 4.20. The SMILES string of the molecule is CCOC(=O)c1c(NC(=O)C(C)Sc2nnc(CNC(=O)c3ccc(Cl)cc3Cl)n2C)sc2c1CCCCC2. The third-order valence-electron chi connectivity index (χ3n) is 6.30. The molecule has 0 bridgehead atoms. The summed E-state index contributed by atoms with van der Waals surface area (Å²) in [5.41, 5.74) is 1.80. The van der Waals surface area contributed by atoms with Gasteiger partial charge in [0.1, 0.15) is 5.00 Å². The van der Waals surface area contributed by atoms with Gasteiger partial charge in [-0.2, -0.15) is 0 Å². The number of carbonyl (C=O) groups excluding carboxylic acids is 3. The molecule has 1 aromatic carbocycles. The Labute approximate surface area is 245 Å². The molecular weight excluding hydrogens is 581 g/mol. The molecule has 0 spiro atoms. The van der Waals surface area contributed by atoms with Crippen LogP contribution in [0.3, 0.4) is 0 Å². The largest absolute Gasteiger partial charge is 0.462 e. The minimum atomic E-state index is -0.528. The van der Waals surface area contributed by atoms with E-state index in [9.17, 15) is 14.4 Å². The molecule has 1 aliphatic rings. The van der Waals surface area contributed by atoms with Crippen molar-refractivity contribution in [3.63, 3.8) is 0 Å².